The normalized spacial score (nSPS) is 29.5. The van der Waals surface area contributed by atoms with E-state index in [1.165, 1.54) is 37.7 Å². The second-order valence-corrected chi connectivity index (χ2v) is 7.96. The number of rotatable bonds is 4. The summed E-state index contributed by atoms with van der Waals surface area (Å²) in [5.41, 5.74) is 1.43. The smallest absolute Gasteiger partial charge is 0.244 e. The highest BCUT2D eigenvalue weighted by atomic mass is 32.1. The summed E-state index contributed by atoms with van der Waals surface area (Å²) in [5.74, 6) is 0.371. The Bertz CT molecular complexity index is 529. The molecule has 0 aromatic carbocycles. The van der Waals surface area contributed by atoms with Gasteiger partial charge in [0.1, 0.15) is 6.17 Å². The van der Waals surface area contributed by atoms with Gasteiger partial charge in [-0.2, -0.15) is 11.3 Å². The minimum atomic E-state index is -0.254. The van der Waals surface area contributed by atoms with Gasteiger partial charge in [0.15, 0.2) is 0 Å². The second-order valence-electron chi connectivity index (χ2n) is 7.18. The molecule has 1 spiro atoms. The zero-order chi connectivity index (χ0) is 14.5. The molecule has 21 heavy (non-hydrogen) atoms. The lowest BCUT2D eigenvalue weighted by atomic mass is 9.97. The number of thiophene rings is 1. The number of carbonyl (C=O) groups excluding carboxylic acids is 1. The van der Waals surface area contributed by atoms with E-state index in [1.807, 2.05) is 0 Å². The molecule has 1 aromatic rings. The molecule has 3 aliphatic rings. The van der Waals surface area contributed by atoms with Crippen LogP contribution in [0.2, 0.25) is 0 Å². The molecule has 1 saturated heterocycles. The standard InChI is InChI=1S/C17H24N2OS/c1-2-16(8-9-16)12-19-14(13-5-10-21-11-13)18-17(15(19)20)6-3-4-7-17/h5,10-11,14,18H,2-4,6-9,12H2,1H3. The number of hydrogen-bond acceptors (Lipinski definition) is 3. The average molecular weight is 304 g/mol. The van der Waals surface area contributed by atoms with Crippen LogP contribution in [0.3, 0.4) is 0 Å². The Morgan fingerprint density at radius 2 is 2.10 bits per heavy atom. The molecular formula is C17H24N2OS. The molecule has 4 heteroatoms. The topological polar surface area (TPSA) is 32.3 Å². The van der Waals surface area contributed by atoms with Crippen LogP contribution >= 0.6 is 11.3 Å². The SMILES string of the molecule is CCC1(CN2C(=O)C3(CCCC3)NC2c2ccsc2)CC1. The van der Waals surface area contributed by atoms with Crippen molar-refractivity contribution in [2.45, 2.75) is 63.6 Å². The number of nitrogens with one attached hydrogen (secondary N) is 1. The van der Waals surface area contributed by atoms with Gasteiger partial charge in [0.2, 0.25) is 5.91 Å². The summed E-state index contributed by atoms with van der Waals surface area (Å²) in [6.07, 6.45) is 8.27. The van der Waals surface area contributed by atoms with Crippen LogP contribution < -0.4 is 5.32 Å². The third-order valence-corrected chi connectivity index (χ3v) is 6.63. The van der Waals surface area contributed by atoms with Crippen molar-refractivity contribution in [2.24, 2.45) is 5.41 Å². The molecule has 1 amide bonds. The van der Waals surface area contributed by atoms with E-state index < -0.39 is 0 Å². The second kappa shape index (κ2) is 4.82. The van der Waals surface area contributed by atoms with E-state index in [0.717, 1.165) is 19.4 Å². The molecule has 1 aromatic heterocycles. The predicted molar refractivity (Wildman–Crippen MR) is 85.1 cm³/mol. The summed E-state index contributed by atoms with van der Waals surface area (Å²) < 4.78 is 0. The number of amides is 1. The lowest BCUT2D eigenvalue weighted by Gasteiger charge is -2.28. The first-order valence-corrected chi connectivity index (χ1v) is 9.23. The largest absolute Gasteiger partial charge is 0.321 e. The maximum absolute atomic E-state index is 13.1. The van der Waals surface area contributed by atoms with Crippen LogP contribution in [0.1, 0.15) is 63.6 Å². The molecule has 3 fully saturated rings. The highest BCUT2D eigenvalue weighted by Crippen LogP contribution is 2.52. The third kappa shape index (κ3) is 2.15. The zero-order valence-electron chi connectivity index (χ0n) is 12.7. The molecule has 1 atom stereocenters. The first-order valence-electron chi connectivity index (χ1n) is 8.29. The van der Waals surface area contributed by atoms with Gasteiger partial charge in [0.25, 0.3) is 0 Å². The summed E-state index contributed by atoms with van der Waals surface area (Å²) in [5, 5.41) is 8.04. The van der Waals surface area contributed by atoms with Gasteiger partial charge in [-0.3, -0.25) is 10.1 Å². The molecule has 0 radical (unpaired) electrons. The Kier molecular flexibility index (Phi) is 3.16. The molecule has 4 rings (SSSR count). The van der Waals surface area contributed by atoms with Gasteiger partial charge >= 0.3 is 0 Å². The van der Waals surface area contributed by atoms with Crippen molar-refractivity contribution >= 4 is 17.2 Å². The highest BCUT2D eigenvalue weighted by Gasteiger charge is 2.55. The minimum absolute atomic E-state index is 0.103. The monoisotopic (exact) mass is 304 g/mol. The quantitative estimate of drug-likeness (QED) is 0.920. The van der Waals surface area contributed by atoms with Crippen molar-refractivity contribution in [3.8, 4) is 0 Å². The van der Waals surface area contributed by atoms with Gasteiger partial charge in [-0.25, -0.2) is 0 Å². The lowest BCUT2D eigenvalue weighted by molar-refractivity contribution is -0.134. The molecule has 1 aliphatic heterocycles. The fourth-order valence-electron chi connectivity index (χ4n) is 4.15. The first-order chi connectivity index (χ1) is 10.2. The highest BCUT2D eigenvalue weighted by molar-refractivity contribution is 7.07. The number of nitrogens with zero attached hydrogens (tertiary/aromatic N) is 1. The van der Waals surface area contributed by atoms with E-state index in [0.29, 0.717) is 11.3 Å². The van der Waals surface area contributed by atoms with E-state index in [9.17, 15) is 4.79 Å². The number of hydrogen-bond donors (Lipinski definition) is 1. The Hall–Kier alpha value is -0.870. The molecule has 114 valence electrons. The summed E-state index contributed by atoms with van der Waals surface area (Å²) in [4.78, 5) is 15.3. The summed E-state index contributed by atoms with van der Waals surface area (Å²) >= 11 is 1.72. The Labute approximate surface area is 130 Å². The Morgan fingerprint density at radius 1 is 1.33 bits per heavy atom. The van der Waals surface area contributed by atoms with Crippen molar-refractivity contribution < 1.29 is 4.79 Å². The van der Waals surface area contributed by atoms with Crippen LogP contribution in [0.15, 0.2) is 16.8 Å². The van der Waals surface area contributed by atoms with Gasteiger partial charge in [-0.15, -0.1) is 0 Å². The van der Waals surface area contributed by atoms with E-state index >= 15 is 0 Å². The van der Waals surface area contributed by atoms with Crippen LogP contribution in [0, 0.1) is 5.41 Å². The molecule has 2 heterocycles. The van der Waals surface area contributed by atoms with Crippen molar-refractivity contribution in [1.29, 1.82) is 0 Å². The van der Waals surface area contributed by atoms with Gasteiger partial charge in [-0.05, 0) is 59.9 Å². The van der Waals surface area contributed by atoms with Crippen LogP contribution in [-0.2, 0) is 4.79 Å². The molecule has 2 saturated carbocycles. The fraction of sp³-hybridized carbons (Fsp3) is 0.706. The van der Waals surface area contributed by atoms with Gasteiger partial charge in [-0.1, -0.05) is 19.8 Å². The molecule has 1 N–H and O–H groups in total. The van der Waals surface area contributed by atoms with E-state index in [2.05, 4.69) is 34.0 Å². The predicted octanol–water partition coefficient (Wildman–Crippen LogP) is 3.68. The van der Waals surface area contributed by atoms with Gasteiger partial charge < -0.3 is 4.90 Å². The van der Waals surface area contributed by atoms with E-state index in [-0.39, 0.29) is 11.7 Å². The van der Waals surface area contributed by atoms with E-state index in [1.54, 1.807) is 11.3 Å². The van der Waals surface area contributed by atoms with Crippen LogP contribution in [0.5, 0.6) is 0 Å². The fourth-order valence-corrected chi connectivity index (χ4v) is 4.83. The van der Waals surface area contributed by atoms with Crippen molar-refractivity contribution in [3.63, 3.8) is 0 Å². The van der Waals surface area contributed by atoms with Gasteiger partial charge in [0.05, 0.1) is 5.54 Å². The third-order valence-electron chi connectivity index (χ3n) is 5.92. The maximum atomic E-state index is 13.1. The number of carbonyl (C=O) groups is 1. The van der Waals surface area contributed by atoms with Crippen LogP contribution in [-0.4, -0.2) is 22.9 Å². The van der Waals surface area contributed by atoms with Crippen LogP contribution in [0.4, 0.5) is 0 Å². The first kappa shape index (κ1) is 13.8. The van der Waals surface area contributed by atoms with Crippen LogP contribution in [0.25, 0.3) is 0 Å². The molecule has 2 aliphatic carbocycles. The van der Waals surface area contributed by atoms with Gasteiger partial charge in [0, 0.05) is 6.54 Å². The molecular weight excluding hydrogens is 280 g/mol. The van der Waals surface area contributed by atoms with Crippen molar-refractivity contribution in [1.82, 2.24) is 10.2 Å². The summed E-state index contributed by atoms with van der Waals surface area (Å²) in [7, 11) is 0. The Morgan fingerprint density at radius 3 is 2.67 bits per heavy atom. The lowest BCUT2D eigenvalue weighted by Crippen LogP contribution is -2.44. The molecule has 3 nitrogen and oxygen atoms in total. The summed E-state index contributed by atoms with van der Waals surface area (Å²) in [6.45, 7) is 3.21. The zero-order valence-corrected chi connectivity index (χ0v) is 13.5. The maximum Gasteiger partial charge on any atom is 0.244 e. The van der Waals surface area contributed by atoms with E-state index in [4.69, 9.17) is 0 Å². The van der Waals surface area contributed by atoms with Crippen molar-refractivity contribution in [2.75, 3.05) is 6.54 Å². The molecule has 1 unspecified atom stereocenters. The van der Waals surface area contributed by atoms with Crippen molar-refractivity contribution in [3.05, 3.63) is 22.4 Å². The summed E-state index contributed by atoms with van der Waals surface area (Å²) in [6, 6.07) is 2.17. The minimum Gasteiger partial charge on any atom is -0.321 e. The Balaban J connectivity index is 1.65. The average Bonchev–Trinajstić information content (AvgIpc) is 2.90. The molecule has 0 bridgehead atoms.